The summed E-state index contributed by atoms with van der Waals surface area (Å²) in [7, 11) is 0. The highest BCUT2D eigenvalue weighted by atomic mass is 79.9. The average molecular weight is 329 g/mol. The van der Waals surface area contributed by atoms with Gasteiger partial charge < -0.3 is 15.5 Å². The Bertz CT molecular complexity index is 543. The summed E-state index contributed by atoms with van der Waals surface area (Å²) >= 11 is 4.45. The van der Waals surface area contributed by atoms with Gasteiger partial charge in [-0.3, -0.25) is 4.79 Å². The zero-order chi connectivity index (χ0) is 13.0. The van der Waals surface area contributed by atoms with E-state index in [-0.39, 0.29) is 22.9 Å². The zero-order valence-electron chi connectivity index (χ0n) is 9.09. The normalized spacial score (nSPS) is 10.3. The van der Waals surface area contributed by atoms with Crippen LogP contribution >= 0.6 is 27.7 Å². The number of hydrogen-bond acceptors (Lipinski definition) is 6. The zero-order valence-corrected chi connectivity index (χ0v) is 11.5. The predicted octanol–water partition coefficient (Wildman–Crippen LogP) is 2.15. The molecule has 8 heteroatoms. The number of nitrogen functional groups attached to an aromatic ring is 1. The van der Waals surface area contributed by atoms with E-state index in [9.17, 15) is 4.79 Å². The first-order valence-corrected chi connectivity index (χ1v) is 6.68. The largest absolute Gasteiger partial charge is 0.398 e. The molecule has 1 heterocycles. The maximum Gasteiger partial charge on any atom is 0.313 e. The lowest BCUT2D eigenvalue weighted by Crippen LogP contribution is -2.13. The number of rotatable bonds is 4. The molecule has 2 aromatic rings. The topological polar surface area (TPSA) is 94.0 Å². The van der Waals surface area contributed by atoms with E-state index in [1.54, 1.807) is 12.1 Å². The van der Waals surface area contributed by atoms with Gasteiger partial charge in [-0.2, -0.15) is 0 Å². The van der Waals surface area contributed by atoms with Gasteiger partial charge >= 0.3 is 6.01 Å². The monoisotopic (exact) mass is 328 g/mol. The van der Waals surface area contributed by atoms with Gasteiger partial charge in [-0.15, -0.1) is 0 Å². The van der Waals surface area contributed by atoms with Gasteiger partial charge in [0.25, 0.3) is 5.22 Å². The highest BCUT2D eigenvalue weighted by Crippen LogP contribution is 2.18. The molecule has 0 saturated carbocycles. The lowest BCUT2D eigenvalue weighted by molar-refractivity contribution is -0.113. The minimum absolute atomic E-state index is 0.00850. The number of benzene rings is 1. The molecule has 0 radical (unpaired) electrons. The highest BCUT2D eigenvalue weighted by molar-refractivity contribution is 9.10. The minimum atomic E-state index is -0.154. The highest BCUT2D eigenvalue weighted by Gasteiger charge is 2.08. The van der Waals surface area contributed by atoms with E-state index in [1.807, 2.05) is 12.1 Å². The smallest absolute Gasteiger partial charge is 0.313 e. The fourth-order valence-electron chi connectivity index (χ4n) is 1.14. The summed E-state index contributed by atoms with van der Waals surface area (Å²) in [5.74, 6) is 0.0247. The number of thioether (sulfide) groups is 1. The van der Waals surface area contributed by atoms with Crippen molar-refractivity contribution in [2.75, 3.05) is 16.8 Å². The van der Waals surface area contributed by atoms with Gasteiger partial charge in [0.2, 0.25) is 5.91 Å². The molecular formula is C10H9BrN4O2S. The minimum Gasteiger partial charge on any atom is -0.398 e. The standard InChI is InChI=1S/C10H9BrN4O2S/c11-6-1-3-7(4-2-6)13-8(16)5-18-10-15-14-9(12)17-10/h1-4H,5H2,(H2,12,14)(H,13,16). The number of aromatic nitrogens is 2. The van der Waals surface area contributed by atoms with Crippen LogP contribution in [0, 0.1) is 0 Å². The predicted molar refractivity (Wildman–Crippen MR) is 72.2 cm³/mol. The molecule has 0 aliphatic rings. The first-order chi connectivity index (χ1) is 8.63. The van der Waals surface area contributed by atoms with Crippen molar-refractivity contribution in [2.24, 2.45) is 0 Å². The van der Waals surface area contributed by atoms with Crippen molar-refractivity contribution in [3.8, 4) is 0 Å². The molecule has 3 N–H and O–H groups in total. The molecule has 0 spiro atoms. The number of nitrogens with zero attached hydrogens (tertiary/aromatic N) is 2. The molecule has 1 aromatic heterocycles. The van der Waals surface area contributed by atoms with E-state index in [1.165, 1.54) is 0 Å². The van der Waals surface area contributed by atoms with Gasteiger partial charge in [0.15, 0.2) is 0 Å². The number of nitrogens with two attached hydrogens (primary N) is 1. The average Bonchev–Trinajstić information content (AvgIpc) is 2.76. The Morgan fingerprint density at radius 2 is 2.11 bits per heavy atom. The van der Waals surface area contributed by atoms with Gasteiger partial charge in [0, 0.05) is 10.2 Å². The summed E-state index contributed by atoms with van der Waals surface area (Å²) in [6.45, 7) is 0. The number of hydrogen-bond donors (Lipinski definition) is 2. The van der Waals surface area contributed by atoms with E-state index in [0.717, 1.165) is 21.9 Å². The van der Waals surface area contributed by atoms with E-state index >= 15 is 0 Å². The first kappa shape index (κ1) is 12.9. The Kier molecular flexibility index (Phi) is 4.21. The molecule has 18 heavy (non-hydrogen) atoms. The maximum atomic E-state index is 11.6. The molecule has 1 amide bonds. The van der Waals surface area contributed by atoms with E-state index < -0.39 is 0 Å². The second-order valence-corrected chi connectivity index (χ2v) is 5.09. The summed E-state index contributed by atoms with van der Waals surface area (Å²) in [4.78, 5) is 11.6. The lowest BCUT2D eigenvalue weighted by Gasteiger charge is -2.03. The molecule has 0 aliphatic carbocycles. The maximum absolute atomic E-state index is 11.6. The number of anilines is 2. The molecule has 0 unspecified atom stereocenters. The van der Waals surface area contributed by atoms with Crippen molar-refractivity contribution in [2.45, 2.75) is 5.22 Å². The fraction of sp³-hybridized carbons (Fsp3) is 0.100. The number of amides is 1. The first-order valence-electron chi connectivity index (χ1n) is 4.90. The quantitative estimate of drug-likeness (QED) is 0.835. The second-order valence-electron chi connectivity index (χ2n) is 3.25. The van der Waals surface area contributed by atoms with Crippen molar-refractivity contribution in [3.05, 3.63) is 28.7 Å². The third-order valence-electron chi connectivity index (χ3n) is 1.88. The van der Waals surface area contributed by atoms with Crippen LogP contribution in [0.1, 0.15) is 0 Å². The molecule has 0 bridgehead atoms. The Labute approximate surface area is 115 Å². The van der Waals surface area contributed by atoms with Crippen LogP contribution < -0.4 is 11.1 Å². The number of carbonyl (C=O) groups is 1. The SMILES string of the molecule is Nc1nnc(SCC(=O)Nc2ccc(Br)cc2)o1. The number of halogens is 1. The number of nitrogens with one attached hydrogen (secondary N) is 1. The van der Waals surface area contributed by atoms with Crippen LogP contribution in [0.2, 0.25) is 0 Å². The number of carbonyl (C=O) groups excluding carboxylic acids is 1. The third kappa shape index (κ3) is 3.74. The molecule has 2 rings (SSSR count). The van der Waals surface area contributed by atoms with Crippen LogP contribution in [-0.4, -0.2) is 21.9 Å². The molecule has 0 saturated heterocycles. The van der Waals surface area contributed by atoms with Crippen LogP contribution in [0.4, 0.5) is 11.7 Å². The summed E-state index contributed by atoms with van der Waals surface area (Å²) in [5.41, 5.74) is 5.99. The van der Waals surface area contributed by atoms with E-state index in [4.69, 9.17) is 10.2 Å². The Morgan fingerprint density at radius 3 is 2.72 bits per heavy atom. The van der Waals surface area contributed by atoms with Crippen LogP contribution in [0.25, 0.3) is 0 Å². The summed E-state index contributed by atoms with van der Waals surface area (Å²) in [5, 5.41) is 10.2. The van der Waals surface area contributed by atoms with Crippen molar-refractivity contribution < 1.29 is 9.21 Å². The van der Waals surface area contributed by atoms with E-state index in [0.29, 0.717) is 0 Å². The fourth-order valence-corrected chi connectivity index (χ4v) is 1.97. The third-order valence-corrected chi connectivity index (χ3v) is 3.22. The molecule has 0 fully saturated rings. The van der Waals surface area contributed by atoms with Crippen molar-refractivity contribution in [1.29, 1.82) is 0 Å². The van der Waals surface area contributed by atoms with Crippen LogP contribution in [-0.2, 0) is 4.79 Å². The van der Waals surface area contributed by atoms with Crippen LogP contribution in [0.15, 0.2) is 38.4 Å². The van der Waals surface area contributed by atoms with Gasteiger partial charge in [-0.1, -0.05) is 37.9 Å². The summed E-state index contributed by atoms with van der Waals surface area (Å²) in [6.07, 6.45) is 0. The summed E-state index contributed by atoms with van der Waals surface area (Å²) in [6, 6.07) is 7.29. The molecule has 1 aromatic carbocycles. The summed E-state index contributed by atoms with van der Waals surface area (Å²) < 4.78 is 5.89. The van der Waals surface area contributed by atoms with Crippen molar-refractivity contribution >= 4 is 45.3 Å². The van der Waals surface area contributed by atoms with Crippen molar-refractivity contribution in [1.82, 2.24) is 10.2 Å². The van der Waals surface area contributed by atoms with Crippen LogP contribution in [0.3, 0.4) is 0 Å². The second kappa shape index (κ2) is 5.87. The molecular weight excluding hydrogens is 320 g/mol. The Morgan fingerprint density at radius 1 is 1.39 bits per heavy atom. The van der Waals surface area contributed by atoms with E-state index in [2.05, 4.69) is 31.4 Å². The van der Waals surface area contributed by atoms with Crippen molar-refractivity contribution in [3.63, 3.8) is 0 Å². The van der Waals surface area contributed by atoms with Gasteiger partial charge in [-0.25, -0.2) is 0 Å². The van der Waals surface area contributed by atoms with Gasteiger partial charge in [0.05, 0.1) is 5.75 Å². The van der Waals surface area contributed by atoms with Crippen LogP contribution in [0.5, 0.6) is 0 Å². The lowest BCUT2D eigenvalue weighted by atomic mass is 10.3. The van der Waals surface area contributed by atoms with Gasteiger partial charge in [0.1, 0.15) is 0 Å². The molecule has 0 aliphatic heterocycles. The molecule has 94 valence electrons. The Hall–Kier alpha value is -1.54. The Balaban J connectivity index is 1.83. The van der Waals surface area contributed by atoms with Gasteiger partial charge in [-0.05, 0) is 24.3 Å². The molecule has 6 nitrogen and oxygen atoms in total. The molecule has 0 atom stereocenters.